The quantitative estimate of drug-likeness (QED) is 0.191. The van der Waals surface area contributed by atoms with E-state index in [1.165, 1.54) is 55.2 Å². The summed E-state index contributed by atoms with van der Waals surface area (Å²) >= 11 is 0. The van der Waals surface area contributed by atoms with Gasteiger partial charge in [-0.3, -0.25) is 4.98 Å². The first-order valence-corrected chi connectivity index (χ1v) is 17.8. The summed E-state index contributed by atoms with van der Waals surface area (Å²) in [5.41, 5.74) is 14.9. The number of hydrogen-bond acceptors (Lipinski definition) is 3. The van der Waals surface area contributed by atoms with Crippen LogP contribution in [-0.4, -0.2) is 26.6 Å². The Labute approximate surface area is 290 Å². The predicted octanol–water partition coefficient (Wildman–Crippen LogP) is 11.5. The average Bonchev–Trinajstić information content (AvgIpc) is 3.61. The molecule has 1 aliphatic heterocycles. The lowest BCUT2D eigenvalue weighted by Crippen LogP contribution is -2.41. The van der Waals surface area contributed by atoms with Crippen molar-refractivity contribution in [3.8, 4) is 28.1 Å². The van der Waals surface area contributed by atoms with Gasteiger partial charge in [-0.1, -0.05) is 62.2 Å². The zero-order valence-corrected chi connectivity index (χ0v) is 30.5. The average molecular weight is 646 g/mol. The van der Waals surface area contributed by atoms with Crippen LogP contribution in [0.4, 0.5) is 0 Å². The van der Waals surface area contributed by atoms with Crippen molar-refractivity contribution >= 4 is 27.7 Å². The van der Waals surface area contributed by atoms with Gasteiger partial charge in [0.1, 0.15) is 11.1 Å². The third-order valence-electron chi connectivity index (χ3n) is 11.4. The van der Waals surface area contributed by atoms with Crippen LogP contribution in [0, 0.1) is 27.7 Å². The molecule has 4 heteroatoms. The molecule has 248 valence electrons. The van der Waals surface area contributed by atoms with Crippen molar-refractivity contribution in [2.75, 3.05) is 0 Å². The molecule has 0 bridgehead atoms. The Morgan fingerprint density at radius 1 is 0.694 bits per heavy atom. The van der Waals surface area contributed by atoms with Gasteiger partial charge >= 0.3 is 0 Å². The van der Waals surface area contributed by atoms with Crippen molar-refractivity contribution in [1.29, 1.82) is 0 Å². The van der Waals surface area contributed by atoms with Crippen molar-refractivity contribution in [3.05, 3.63) is 118 Å². The van der Waals surface area contributed by atoms with Crippen LogP contribution in [0.25, 0.3) is 49.9 Å². The summed E-state index contributed by atoms with van der Waals surface area (Å²) in [6.45, 7) is 20.1. The molecule has 0 radical (unpaired) electrons. The fourth-order valence-electron chi connectivity index (χ4n) is 8.49. The second-order valence-corrected chi connectivity index (χ2v) is 16.2. The van der Waals surface area contributed by atoms with E-state index in [0.29, 0.717) is 0 Å². The van der Waals surface area contributed by atoms with Crippen LogP contribution < -0.4 is 0 Å². The molecule has 2 aliphatic rings. The molecule has 2 atom stereocenters. The summed E-state index contributed by atoms with van der Waals surface area (Å²) < 4.78 is 9.28. The van der Waals surface area contributed by atoms with Crippen LogP contribution in [0.5, 0.6) is 0 Å². The van der Waals surface area contributed by atoms with Crippen molar-refractivity contribution < 1.29 is 4.74 Å². The molecule has 0 spiro atoms. The minimum atomic E-state index is -0.276. The normalized spacial score (nSPS) is 20.6. The van der Waals surface area contributed by atoms with Crippen LogP contribution in [0.3, 0.4) is 0 Å². The van der Waals surface area contributed by atoms with Crippen LogP contribution >= 0.6 is 0 Å². The molecular formula is C45H47N3O. The van der Waals surface area contributed by atoms with E-state index in [4.69, 9.17) is 14.7 Å². The number of ether oxygens (including phenoxy) is 1. The second kappa shape index (κ2) is 10.9. The smallest absolute Gasteiger partial charge is 0.217 e. The summed E-state index contributed by atoms with van der Waals surface area (Å²) in [5.74, 6) is 0.760. The highest BCUT2D eigenvalue weighted by Gasteiger charge is 2.55. The summed E-state index contributed by atoms with van der Waals surface area (Å²) in [6.07, 6.45) is 5.17. The van der Waals surface area contributed by atoms with E-state index in [0.717, 1.165) is 53.2 Å². The molecule has 4 nitrogen and oxygen atoms in total. The molecule has 3 heterocycles. The Hall–Kier alpha value is -4.70. The van der Waals surface area contributed by atoms with E-state index in [9.17, 15) is 0 Å². The minimum absolute atomic E-state index is 0.0367. The van der Waals surface area contributed by atoms with Gasteiger partial charge in [-0.2, -0.15) is 0 Å². The molecule has 49 heavy (non-hydrogen) atoms. The number of hydrogen-bond donors (Lipinski definition) is 0. The third kappa shape index (κ3) is 5.10. The van der Waals surface area contributed by atoms with E-state index in [1.54, 1.807) is 0 Å². The minimum Gasteiger partial charge on any atom is -0.469 e. The number of fused-ring (bicyclic) bond motifs is 4. The van der Waals surface area contributed by atoms with E-state index in [1.807, 2.05) is 6.20 Å². The standard InChI is InChI=1S/C45H47N3O/c1-27-11-14-39-37(21-27)36-13-12-31(38-26-34(15-18-46-38)43(5,6)7)25-40(36)48(39)35-23-32(41-29(3)19-28(2)20-30(41)4)22-33(24-35)42-47-44(8)16-10-17-45(44,9)49-42/h11-15,18-26H,10,16-17H2,1-9H3/t44-,45+/m1/s1. The van der Waals surface area contributed by atoms with Crippen molar-refractivity contribution in [3.63, 3.8) is 0 Å². The number of benzene rings is 4. The first kappa shape index (κ1) is 31.6. The van der Waals surface area contributed by atoms with Gasteiger partial charge in [-0.25, -0.2) is 4.99 Å². The van der Waals surface area contributed by atoms with Gasteiger partial charge in [-0.15, -0.1) is 0 Å². The molecule has 2 aromatic heterocycles. The van der Waals surface area contributed by atoms with E-state index >= 15 is 0 Å². The molecule has 4 aromatic carbocycles. The summed E-state index contributed by atoms with van der Waals surface area (Å²) in [7, 11) is 0. The van der Waals surface area contributed by atoms with Crippen LogP contribution in [0.2, 0.25) is 0 Å². The zero-order valence-electron chi connectivity index (χ0n) is 30.5. The Morgan fingerprint density at radius 3 is 2.18 bits per heavy atom. The van der Waals surface area contributed by atoms with E-state index in [-0.39, 0.29) is 16.6 Å². The molecule has 8 rings (SSSR count). The highest BCUT2D eigenvalue weighted by atomic mass is 16.5. The first-order valence-electron chi connectivity index (χ1n) is 17.8. The molecule has 1 saturated carbocycles. The zero-order chi connectivity index (χ0) is 34.5. The van der Waals surface area contributed by atoms with E-state index < -0.39 is 0 Å². The summed E-state index contributed by atoms with van der Waals surface area (Å²) in [4.78, 5) is 10.2. The van der Waals surface area contributed by atoms with Crippen LogP contribution in [0.1, 0.15) is 87.3 Å². The SMILES string of the molecule is Cc1cc(C)c(-c2cc(C3=N[C@]4(C)CCC[C@]4(C)O3)cc(-n3c4ccc(C)cc4c4ccc(-c5cc(C(C)(C)C)ccn5)cc43)c2)c(C)c1. The second-order valence-electron chi connectivity index (χ2n) is 16.2. The first-order chi connectivity index (χ1) is 23.2. The number of aryl methyl sites for hydroxylation is 4. The molecule has 1 aliphatic carbocycles. The molecule has 0 unspecified atom stereocenters. The highest BCUT2D eigenvalue weighted by molar-refractivity contribution is 6.11. The molecule has 6 aromatic rings. The van der Waals surface area contributed by atoms with Crippen molar-refractivity contribution in [1.82, 2.24) is 9.55 Å². The Bertz CT molecular complexity index is 2330. The number of nitrogens with zero attached hydrogens (tertiary/aromatic N) is 3. The Kier molecular flexibility index (Phi) is 7.02. The number of aromatic nitrogens is 2. The maximum absolute atomic E-state index is 6.84. The van der Waals surface area contributed by atoms with Gasteiger partial charge < -0.3 is 9.30 Å². The van der Waals surface area contributed by atoms with E-state index in [2.05, 4.69) is 146 Å². The monoisotopic (exact) mass is 645 g/mol. The van der Waals surface area contributed by atoms with Gasteiger partial charge in [0, 0.05) is 33.8 Å². The Balaban J connectivity index is 1.41. The number of pyridine rings is 1. The van der Waals surface area contributed by atoms with Gasteiger partial charge in [-0.05, 0) is 143 Å². The van der Waals surface area contributed by atoms with Gasteiger partial charge in [0.2, 0.25) is 5.90 Å². The predicted molar refractivity (Wildman–Crippen MR) is 205 cm³/mol. The van der Waals surface area contributed by atoms with Gasteiger partial charge in [0.25, 0.3) is 0 Å². The topological polar surface area (TPSA) is 39.4 Å². The maximum atomic E-state index is 6.84. The summed E-state index contributed by atoms with van der Waals surface area (Å²) in [5, 5.41) is 2.48. The molecule has 0 amide bonds. The third-order valence-corrected chi connectivity index (χ3v) is 11.4. The lowest BCUT2D eigenvalue weighted by atomic mass is 9.87. The van der Waals surface area contributed by atoms with Crippen molar-refractivity contribution in [2.45, 2.75) is 98.1 Å². The highest BCUT2D eigenvalue weighted by Crippen LogP contribution is 2.49. The van der Waals surface area contributed by atoms with Gasteiger partial charge in [0.05, 0.1) is 16.7 Å². The number of rotatable bonds is 4. The maximum Gasteiger partial charge on any atom is 0.217 e. The molecule has 0 N–H and O–H groups in total. The Morgan fingerprint density at radius 2 is 1.45 bits per heavy atom. The fourth-order valence-corrected chi connectivity index (χ4v) is 8.49. The van der Waals surface area contributed by atoms with Crippen molar-refractivity contribution in [2.24, 2.45) is 4.99 Å². The van der Waals surface area contributed by atoms with Gasteiger partial charge in [0.15, 0.2) is 0 Å². The molecular weight excluding hydrogens is 599 g/mol. The lowest BCUT2D eigenvalue weighted by molar-refractivity contribution is 0.0580. The number of aliphatic imine (C=N–C) groups is 1. The molecule has 0 saturated heterocycles. The molecule has 1 fully saturated rings. The largest absolute Gasteiger partial charge is 0.469 e. The lowest BCUT2D eigenvalue weighted by Gasteiger charge is -2.30. The van der Waals surface area contributed by atoms with Crippen LogP contribution in [-0.2, 0) is 10.2 Å². The fraction of sp³-hybridized carbons (Fsp3) is 0.333. The van der Waals surface area contributed by atoms with Crippen LogP contribution in [0.15, 0.2) is 90.1 Å². The summed E-state index contributed by atoms with van der Waals surface area (Å²) in [6, 6.07) is 29.5.